The quantitative estimate of drug-likeness (QED) is 0.0264. The molecule has 0 spiro atoms. The summed E-state index contributed by atoms with van der Waals surface area (Å²) in [6.45, 7) is 0. The molecule has 0 saturated heterocycles. The van der Waals surface area contributed by atoms with Gasteiger partial charge in [-0.25, -0.2) is 97.4 Å². The third-order valence-electron chi connectivity index (χ3n) is 10.3. The van der Waals surface area contributed by atoms with Crippen LogP contribution in [-0.2, 0) is 0 Å². The molecule has 0 saturated carbocycles. The fourth-order valence-corrected chi connectivity index (χ4v) is 13.3. The summed E-state index contributed by atoms with van der Waals surface area (Å²) in [7, 11) is 0. The minimum Gasteiger partial charge on any atom is -0.422 e. The zero-order valence-corrected chi connectivity index (χ0v) is 38.8. The van der Waals surface area contributed by atoms with E-state index in [1.165, 1.54) is 22.7 Å². The first-order chi connectivity index (χ1) is 34.9. The highest BCUT2D eigenvalue weighted by atomic mass is 127. The van der Waals surface area contributed by atoms with Crippen molar-refractivity contribution in [2.45, 2.75) is 0 Å². The van der Waals surface area contributed by atoms with E-state index in [1.54, 1.807) is 36.4 Å². The van der Waals surface area contributed by atoms with Crippen LogP contribution in [0.1, 0.15) is 19.3 Å². The van der Waals surface area contributed by atoms with E-state index in [2.05, 4.69) is 0 Å². The highest BCUT2D eigenvalue weighted by Gasteiger charge is 2.52. The van der Waals surface area contributed by atoms with E-state index in [-0.39, 0.29) is 11.9 Å². The molecule has 4 nitrogen and oxygen atoms in total. The molecule has 2 heterocycles. The van der Waals surface area contributed by atoms with Crippen molar-refractivity contribution in [1.82, 2.24) is 0 Å². The van der Waals surface area contributed by atoms with E-state index in [9.17, 15) is 62.3 Å². The number of benzene rings is 6. The highest BCUT2D eigenvalue weighted by molar-refractivity contribution is 7.20. The van der Waals surface area contributed by atoms with Crippen LogP contribution in [0.4, 0.5) is 87.8 Å². The van der Waals surface area contributed by atoms with Crippen molar-refractivity contribution in [2.75, 3.05) is 0 Å². The van der Waals surface area contributed by atoms with Crippen LogP contribution >= 0.6 is 22.7 Å². The number of esters is 2. The first-order valence-corrected chi connectivity index (χ1v) is 23.3. The van der Waals surface area contributed by atoms with Crippen LogP contribution in [0.2, 0.25) is 0 Å². The van der Waals surface area contributed by atoms with Crippen molar-refractivity contribution in [2.24, 2.45) is 0 Å². The smallest absolute Gasteiger partial charge is 0.381 e. The number of rotatable bonds is 10. The van der Waals surface area contributed by atoms with E-state index in [0.29, 0.717) is 21.3 Å². The van der Waals surface area contributed by atoms with Gasteiger partial charge in [-0.3, -0.25) is 0 Å². The SMILES string of the molecule is Fc1c(F)c(F)c([B-](c2c(F)c(F)c(F)c(F)c2F)(c2c(F)c(F)c(F)c(F)c2F)c2c(F)c(F)c(F)c(F)c2F)c(F)c1F.O=C(Oc1ccccc1)c1ccc([I+]c2ccc(C(=O)Oc3ccccc3)s2)s1. The molecular weight excluding hydrogens is 1200 g/mol. The Hall–Kier alpha value is -6.95. The van der Waals surface area contributed by atoms with E-state index in [0.717, 1.165) is 5.77 Å². The Morgan fingerprint density at radius 3 is 0.757 bits per heavy atom. The maximum Gasteiger partial charge on any atom is 0.381 e. The number of carbonyl (C=O) groups excluding carboxylic acids is 2. The largest absolute Gasteiger partial charge is 0.422 e. The second-order valence-corrected chi connectivity index (χ2v) is 21.0. The van der Waals surface area contributed by atoms with Crippen molar-refractivity contribution in [3.8, 4) is 11.5 Å². The molecule has 0 amide bonds. The van der Waals surface area contributed by atoms with E-state index in [4.69, 9.17) is 9.47 Å². The Balaban J connectivity index is 0.000000237. The molecule has 0 atom stereocenters. The van der Waals surface area contributed by atoms with Gasteiger partial charge in [0.15, 0.2) is 69.8 Å². The summed E-state index contributed by atoms with van der Waals surface area (Å²) >= 11 is 2.40. The van der Waals surface area contributed by atoms with Gasteiger partial charge in [0.25, 0.3) is 0 Å². The number of hydrogen-bond acceptors (Lipinski definition) is 6. The summed E-state index contributed by atoms with van der Waals surface area (Å²) in [6.07, 6.45) is -7.22. The van der Waals surface area contributed by atoms with Crippen molar-refractivity contribution in [3.05, 3.63) is 217 Å². The molecule has 2 aromatic heterocycles. The molecule has 384 valence electrons. The lowest BCUT2D eigenvalue weighted by atomic mass is 9.12. The minimum absolute atomic E-state index is 0.352. The molecule has 0 aliphatic carbocycles. The predicted molar refractivity (Wildman–Crippen MR) is 218 cm³/mol. The van der Waals surface area contributed by atoms with E-state index in [1.807, 2.05) is 48.5 Å². The zero-order valence-electron chi connectivity index (χ0n) is 35.0. The van der Waals surface area contributed by atoms with Crippen LogP contribution in [0.3, 0.4) is 0 Å². The lowest BCUT2D eigenvalue weighted by Gasteiger charge is -2.44. The van der Waals surface area contributed by atoms with Crippen LogP contribution in [0.5, 0.6) is 11.5 Å². The fourth-order valence-electron chi connectivity index (χ4n) is 7.21. The standard InChI is InChI=1S/C24BF20.C22H14IO4S2/c26-5-1(6(27)14(35)21(42)13(5)34)25(2-7(28)15(36)22(43)16(37)8(2)29,3-9(30)17(38)23(44)18(39)10(3)31)4-11(32)19(40)24(45)20(41)12(4)33;24-21(26-15-7-3-1-4-8-15)17-11-13-19(28-17)23-20-14-12-18(29-20)22(25)27-16-9-5-2-6-10-16/h;1-14H/q-1;+1. The number of halogens is 21. The number of thiophene rings is 2. The number of ether oxygens (including phenoxy) is 2. The third kappa shape index (κ3) is 9.56. The highest BCUT2D eigenvalue weighted by Crippen LogP contribution is 2.31. The summed E-state index contributed by atoms with van der Waals surface area (Å²) in [5, 5.41) is 0. The number of carbonyl (C=O) groups is 2. The molecule has 0 bridgehead atoms. The molecule has 8 rings (SSSR count). The molecule has 0 unspecified atom stereocenters. The molecule has 0 radical (unpaired) electrons. The normalized spacial score (nSPS) is 11.4. The number of para-hydroxylation sites is 2. The van der Waals surface area contributed by atoms with Gasteiger partial charge in [0.1, 0.15) is 73.9 Å². The summed E-state index contributed by atoms with van der Waals surface area (Å²) in [4.78, 5) is 25.7. The average molecular weight is 1210 g/mol. The molecule has 28 heteroatoms. The van der Waals surface area contributed by atoms with Crippen molar-refractivity contribution >= 4 is 62.6 Å². The van der Waals surface area contributed by atoms with Gasteiger partial charge < -0.3 is 9.47 Å². The van der Waals surface area contributed by atoms with Crippen LogP contribution in [-0.4, -0.2) is 18.1 Å². The predicted octanol–water partition coefficient (Wildman–Crippen LogP) is 8.22. The van der Waals surface area contributed by atoms with Gasteiger partial charge in [0.05, 0.1) is 0 Å². The van der Waals surface area contributed by atoms with Gasteiger partial charge in [-0.05, 0) is 36.4 Å². The van der Waals surface area contributed by atoms with Crippen molar-refractivity contribution in [3.63, 3.8) is 0 Å². The average Bonchev–Trinajstić information content (AvgIpc) is 4.07. The molecular formula is C46H14BF20IO4S2. The Bertz CT molecular complexity index is 3070. The molecule has 0 aliphatic rings. The Labute approximate surface area is 417 Å². The second kappa shape index (κ2) is 21.5. The van der Waals surface area contributed by atoms with E-state index < -0.39 is 166 Å². The van der Waals surface area contributed by atoms with Gasteiger partial charge in [-0.1, -0.05) is 59.1 Å². The minimum atomic E-state index is -7.22. The van der Waals surface area contributed by atoms with Gasteiger partial charge >= 0.3 is 33.1 Å². The Morgan fingerprint density at radius 2 is 0.527 bits per heavy atom. The first kappa shape index (κ1) is 54.8. The van der Waals surface area contributed by atoms with Crippen molar-refractivity contribution in [1.29, 1.82) is 0 Å². The van der Waals surface area contributed by atoms with Crippen LogP contribution in [0, 0.1) is 122 Å². The van der Waals surface area contributed by atoms with Crippen LogP contribution in [0.25, 0.3) is 0 Å². The molecule has 0 fully saturated rings. The second-order valence-electron chi connectivity index (χ2n) is 14.5. The summed E-state index contributed by atoms with van der Waals surface area (Å²) in [5.74, 6) is -71.0. The summed E-state index contributed by atoms with van der Waals surface area (Å²) < 4.78 is 307. The van der Waals surface area contributed by atoms with E-state index >= 15 is 35.1 Å². The van der Waals surface area contributed by atoms with Gasteiger partial charge in [-0.15, -0.1) is 21.9 Å². The lowest BCUT2D eigenvalue weighted by Crippen LogP contribution is -3.61. The van der Waals surface area contributed by atoms with Crippen LogP contribution < -0.4 is 52.5 Å². The van der Waals surface area contributed by atoms with Gasteiger partial charge in [0.2, 0.25) is 5.77 Å². The zero-order chi connectivity index (χ0) is 54.4. The van der Waals surface area contributed by atoms with Crippen molar-refractivity contribution < 1.29 is 128 Å². The molecule has 0 N–H and O–H groups in total. The fraction of sp³-hybridized carbons (Fsp3) is 0. The molecule has 0 aliphatic heterocycles. The maximum absolute atomic E-state index is 15.4. The van der Waals surface area contributed by atoms with Gasteiger partial charge in [0, 0.05) is 12.1 Å². The maximum atomic E-state index is 15.4. The topological polar surface area (TPSA) is 52.6 Å². The van der Waals surface area contributed by atoms with Gasteiger partial charge in [-0.2, -0.15) is 0 Å². The lowest BCUT2D eigenvalue weighted by molar-refractivity contribution is -0.585. The Kier molecular flexibility index (Phi) is 15.9. The summed E-state index contributed by atoms with van der Waals surface area (Å²) in [6, 6.07) is 25.6. The molecule has 6 aromatic carbocycles. The monoisotopic (exact) mass is 1210 g/mol. The number of hydrogen-bond donors (Lipinski definition) is 0. The van der Waals surface area contributed by atoms with Crippen LogP contribution in [0.15, 0.2) is 84.9 Å². The molecule has 8 aromatic rings. The third-order valence-corrected chi connectivity index (χ3v) is 16.2. The molecule has 74 heavy (non-hydrogen) atoms. The summed E-state index contributed by atoms with van der Waals surface area (Å²) in [5.41, 5.74) is -14.3. The Morgan fingerprint density at radius 1 is 0.311 bits per heavy atom. The first-order valence-electron chi connectivity index (χ1n) is 19.5.